The molecule has 4 rings (SSSR count). The summed E-state index contributed by atoms with van der Waals surface area (Å²) >= 11 is 0. The van der Waals surface area contributed by atoms with E-state index in [1.807, 2.05) is 0 Å². The van der Waals surface area contributed by atoms with Gasteiger partial charge in [0.15, 0.2) is 0 Å². The molecule has 178 valence electrons. The Balaban J connectivity index is 1.77. The Bertz CT molecular complexity index is 1400. The van der Waals surface area contributed by atoms with E-state index in [0.717, 1.165) is 18.2 Å². The number of nitro groups is 1. The Morgan fingerprint density at radius 3 is 2.49 bits per heavy atom. The van der Waals surface area contributed by atoms with Crippen LogP contribution in [0.1, 0.15) is 15.9 Å². The van der Waals surface area contributed by atoms with Gasteiger partial charge < -0.3 is 14.6 Å². The van der Waals surface area contributed by atoms with E-state index in [1.165, 1.54) is 47.4 Å². The molecule has 0 bridgehead atoms. The molecule has 0 saturated heterocycles. The summed E-state index contributed by atoms with van der Waals surface area (Å²) in [5, 5.41) is 14.1. The topological polar surface area (TPSA) is 99.3 Å². The fraction of sp³-hybridized carbons (Fsp3) is 0.0833. The SMILES string of the molecule is CNc1ccc([N+](=O)[O-])cc1-n1cnc(-c2ccc(C(F)(F)F)cc2OC(=O)c2ccccc2)c1. The zero-order valence-corrected chi connectivity index (χ0v) is 18.1. The number of nitrogens with zero attached hydrogens (tertiary/aromatic N) is 3. The molecule has 0 saturated carbocycles. The zero-order valence-electron chi connectivity index (χ0n) is 18.1. The minimum Gasteiger partial charge on any atom is -0.422 e. The first kappa shape index (κ1) is 23.5. The quantitative estimate of drug-likeness (QED) is 0.163. The second-order valence-corrected chi connectivity index (χ2v) is 7.34. The van der Waals surface area contributed by atoms with Crippen molar-refractivity contribution >= 4 is 17.3 Å². The maximum absolute atomic E-state index is 13.4. The lowest BCUT2D eigenvalue weighted by atomic mass is 10.1. The Hall–Kier alpha value is -4.67. The number of hydrogen-bond acceptors (Lipinski definition) is 6. The number of ether oxygens (including phenoxy) is 1. The standard InChI is InChI=1S/C24H17F3N4O4/c1-28-19-10-8-17(31(33)34)12-21(19)30-13-20(29-14-30)18-9-7-16(24(25,26)27)11-22(18)35-23(32)15-5-3-2-4-6-15/h2-14,28H,1H3. The molecular weight excluding hydrogens is 465 g/mol. The smallest absolute Gasteiger partial charge is 0.416 e. The third kappa shape index (κ3) is 4.98. The van der Waals surface area contributed by atoms with Crippen LogP contribution in [0, 0.1) is 10.1 Å². The third-order valence-corrected chi connectivity index (χ3v) is 5.12. The van der Waals surface area contributed by atoms with Gasteiger partial charge in [0.25, 0.3) is 5.69 Å². The van der Waals surface area contributed by atoms with Crippen LogP contribution >= 0.6 is 0 Å². The van der Waals surface area contributed by atoms with Crippen LogP contribution in [-0.4, -0.2) is 27.5 Å². The minimum absolute atomic E-state index is 0.137. The number of aromatic nitrogens is 2. The molecule has 8 nitrogen and oxygen atoms in total. The summed E-state index contributed by atoms with van der Waals surface area (Å²) < 4.78 is 46.9. The van der Waals surface area contributed by atoms with Crippen LogP contribution in [0.2, 0.25) is 0 Å². The van der Waals surface area contributed by atoms with Crippen molar-refractivity contribution in [3.05, 3.63) is 100 Å². The van der Waals surface area contributed by atoms with Crippen LogP contribution in [0.5, 0.6) is 5.75 Å². The summed E-state index contributed by atoms with van der Waals surface area (Å²) in [5.74, 6) is -1.16. The predicted molar refractivity (Wildman–Crippen MR) is 122 cm³/mol. The van der Waals surface area contributed by atoms with Gasteiger partial charge in [0, 0.05) is 30.9 Å². The van der Waals surface area contributed by atoms with E-state index in [4.69, 9.17) is 4.74 Å². The number of carbonyl (C=O) groups excluding carboxylic acids is 1. The number of hydrogen-bond donors (Lipinski definition) is 1. The molecule has 3 aromatic carbocycles. The van der Waals surface area contributed by atoms with Gasteiger partial charge in [0.2, 0.25) is 0 Å². The van der Waals surface area contributed by atoms with Crippen molar-refractivity contribution in [1.29, 1.82) is 0 Å². The summed E-state index contributed by atoms with van der Waals surface area (Å²) in [4.78, 5) is 27.5. The lowest BCUT2D eigenvalue weighted by Gasteiger charge is -2.13. The summed E-state index contributed by atoms with van der Waals surface area (Å²) in [6, 6.07) is 14.8. The highest BCUT2D eigenvalue weighted by Gasteiger charge is 2.32. The molecule has 0 amide bonds. The number of benzene rings is 3. The summed E-state index contributed by atoms with van der Waals surface area (Å²) in [6.45, 7) is 0. The molecule has 35 heavy (non-hydrogen) atoms. The lowest BCUT2D eigenvalue weighted by molar-refractivity contribution is -0.384. The van der Waals surface area contributed by atoms with Gasteiger partial charge in [-0.15, -0.1) is 0 Å². The van der Waals surface area contributed by atoms with Crippen LogP contribution in [0.3, 0.4) is 0 Å². The first-order chi connectivity index (χ1) is 16.7. The van der Waals surface area contributed by atoms with E-state index in [9.17, 15) is 28.1 Å². The molecule has 4 aromatic rings. The van der Waals surface area contributed by atoms with Gasteiger partial charge in [-0.25, -0.2) is 9.78 Å². The van der Waals surface area contributed by atoms with Crippen LogP contribution in [-0.2, 0) is 6.18 Å². The van der Waals surface area contributed by atoms with E-state index < -0.39 is 22.6 Å². The maximum atomic E-state index is 13.4. The van der Waals surface area contributed by atoms with E-state index in [-0.39, 0.29) is 28.3 Å². The maximum Gasteiger partial charge on any atom is 0.416 e. The second kappa shape index (κ2) is 9.29. The first-order valence-corrected chi connectivity index (χ1v) is 10.2. The number of imidazole rings is 1. The third-order valence-electron chi connectivity index (χ3n) is 5.12. The number of alkyl halides is 3. The number of esters is 1. The Morgan fingerprint density at radius 2 is 1.83 bits per heavy atom. The molecule has 0 atom stereocenters. The van der Waals surface area contributed by atoms with E-state index in [2.05, 4.69) is 10.3 Å². The van der Waals surface area contributed by atoms with Crippen LogP contribution in [0.4, 0.5) is 24.5 Å². The largest absolute Gasteiger partial charge is 0.422 e. The van der Waals surface area contributed by atoms with Gasteiger partial charge in [0.1, 0.15) is 5.75 Å². The Kier molecular flexibility index (Phi) is 6.24. The molecule has 0 unspecified atom stereocenters. The van der Waals surface area contributed by atoms with Crippen molar-refractivity contribution in [3.8, 4) is 22.7 Å². The molecule has 1 N–H and O–H groups in total. The minimum atomic E-state index is -4.66. The van der Waals surface area contributed by atoms with Crippen molar-refractivity contribution in [1.82, 2.24) is 9.55 Å². The predicted octanol–water partition coefficient (Wildman–Crippen LogP) is 5.73. The number of nitrogens with one attached hydrogen (secondary N) is 1. The highest BCUT2D eigenvalue weighted by Crippen LogP contribution is 2.37. The lowest BCUT2D eigenvalue weighted by Crippen LogP contribution is -2.11. The molecule has 0 aliphatic carbocycles. The monoisotopic (exact) mass is 482 g/mol. The number of anilines is 1. The molecule has 0 aliphatic heterocycles. The van der Waals surface area contributed by atoms with Gasteiger partial charge >= 0.3 is 12.1 Å². The molecule has 1 aromatic heterocycles. The van der Waals surface area contributed by atoms with Crippen LogP contribution in [0.15, 0.2) is 79.3 Å². The molecule has 0 spiro atoms. The first-order valence-electron chi connectivity index (χ1n) is 10.2. The normalized spacial score (nSPS) is 11.2. The number of nitro benzene ring substituents is 1. The summed E-state index contributed by atoms with van der Waals surface area (Å²) in [7, 11) is 1.64. The van der Waals surface area contributed by atoms with Gasteiger partial charge in [-0.1, -0.05) is 18.2 Å². The molecule has 1 heterocycles. The van der Waals surface area contributed by atoms with E-state index in [1.54, 1.807) is 25.2 Å². The highest BCUT2D eigenvalue weighted by molar-refractivity contribution is 5.92. The van der Waals surface area contributed by atoms with E-state index >= 15 is 0 Å². The van der Waals surface area contributed by atoms with Gasteiger partial charge in [-0.05, 0) is 36.4 Å². The number of halogens is 3. The van der Waals surface area contributed by atoms with Crippen molar-refractivity contribution in [2.75, 3.05) is 12.4 Å². The van der Waals surface area contributed by atoms with Crippen molar-refractivity contribution in [2.24, 2.45) is 0 Å². The van der Waals surface area contributed by atoms with Crippen molar-refractivity contribution in [2.45, 2.75) is 6.18 Å². The molecular formula is C24H17F3N4O4. The Labute approximate surface area is 196 Å². The highest BCUT2D eigenvalue weighted by atomic mass is 19.4. The average Bonchev–Trinajstić information content (AvgIpc) is 3.33. The summed E-state index contributed by atoms with van der Waals surface area (Å²) in [5.41, 5.74) is 0.309. The van der Waals surface area contributed by atoms with Crippen LogP contribution in [0.25, 0.3) is 16.9 Å². The summed E-state index contributed by atoms with van der Waals surface area (Å²) in [6.07, 6.45) is -1.82. The fourth-order valence-corrected chi connectivity index (χ4v) is 3.38. The second-order valence-electron chi connectivity index (χ2n) is 7.34. The van der Waals surface area contributed by atoms with E-state index in [0.29, 0.717) is 11.4 Å². The molecule has 0 fully saturated rings. The number of carbonyl (C=O) groups is 1. The van der Waals surface area contributed by atoms with Crippen molar-refractivity contribution in [3.63, 3.8) is 0 Å². The number of non-ortho nitro benzene ring substituents is 1. The molecule has 11 heteroatoms. The molecule has 0 radical (unpaired) electrons. The zero-order chi connectivity index (χ0) is 25.2. The van der Waals surface area contributed by atoms with Crippen molar-refractivity contribution < 1.29 is 27.6 Å². The average molecular weight is 482 g/mol. The van der Waals surface area contributed by atoms with Gasteiger partial charge in [-0.2, -0.15) is 13.2 Å². The molecule has 0 aliphatic rings. The van der Waals surface area contributed by atoms with Gasteiger partial charge in [0.05, 0.1) is 39.4 Å². The number of rotatable bonds is 6. The van der Waals surface area contributed by atoms with Crippen LogP contribution < -0.4 is 10.1 Å². The Morgan fingerprint density at radius 1 is 1.09 bits per heavy atom. The van der Waals surface area contributed by atoms with Gasteiger partial charge in [-0.3, -0.25) is 10.1 Å². The fourth-order valence-electron chi connectivity index (χ4n) is 3.38.